The maximum Gasteiger partial charge on any atom is 0.358 e. The number of methoxy groups -OCH3 is 7. The number of aliphatic hydroxyl groups excluding tert-OH is 1. The molecule has 5 aromatic heterocycles. The molecule has 9 N–H and O–H groups in total. The molecule has 9 aliphatic rings. The number of carboxylic acids is 3. The number of aromatic nitrogens is 5. The van der Waals surface area contributed by atoms with E-state index in [9.17, 15) is 96.0 Å². The molecular formula is C84H98F2N10O32. The van der Waals surface area contributed by atoms with E-state index in [4.69, 9.17) is 58.3 Å². The molecule has 6 fully saturated rings. The Bertz CT molecular complexity index is 5590. The van der Waals surface area contributed by atoms with Crippen LogP contribution < -0.4 is 52.0 Å². The first kappa shape index (κ1) is 98.3. The smallest absolute Gasteiger partial charge is 0.358 e. The van der Waals surface area contributed by atoms with Crippen molar-refractivity contribution in [1.82, 2.24) is 48.2 Å². The molecule has 3 aliphatic carbocycles. The number of aromatic carboxylic acids is 3. The first-order chi connectivity index (χ1) is 59.6. The highest BCUT2D eigenvalue weighted by atomic mass is 19.1. The summed E-state index contributed by atoms with van der Waals surface area (Å²) < 4.78 is 84.2. The van der Waals surface area contributed by atoms with E-state index in [-0.39, 0.29) is 149 Å². The van der Waals surface area contributed by atoms with E-state index in [1.54, 1.807) is 14.7 Å². The lowest BCUT2D eigenvalue weighted by molar-refractivity contribution is -0.132. The molecule has 44 heteroatoms. The van der Waals surface area contributed by atoms with E-state index in [2.05, 4.69) is 20.1 Å². The number of benzene rings is 2. The van der Waals surface area contributed by atoms with E-state index in [1.165, 1.54) is 107 Å². The van der Waals surface area contributed by atoms with Crippen molar-refractivity contribution in [3.63, 3.8) is 0 Å². The summed E-state index contributed by atoms with van der Waals surface area (Å²) in [4.78, 5) is 187. The summed E-state index contributed by atoms with van der Waals surface area (Å²) in [5.74, 6) is -12.2. The largest absolute Gasteiger partial charge is 0.503 e. The van der Waals surface area contributed by atoms with Crippen LogP contribution in [0.2, 0.25) is 0 Å². The molecule has 5 amide bonds. The fourth-order valence-electron chi connectivity index (χ4n) is 16.5. The molecule has 690 valence electrons. The molecule has 128 heavy (non-hydrogen) atoms. The number of nitrogens with zero attached hydrogens (tertiary/aromatic N) is 8. The maximum absolute atomic E-state index is 13.0. The number of nitrogens with one attached hydrogen (secondary N) is 2. The van der Waals surface area contributed by atoms with Crippen LogP contribution in [-0.2, 0) is 79.0 Å². The lowest BCUT2D eigenvalue weighted by Gasteiger charge is -2.44. The summed E-state index contributed by atoms with van der Waals surface area (Å²) in [5.41, 5.74) is -6.09. The zero-order valence-corrected chi connectivity index (χ0v) is 67.8. The van der Waals surface area contributed by atoms with Gasteiger partial charge in [-0.1, -0.05) is 46.5 Å². The average Bonchev–Trinajstić information content (AvgIpc) is 1.37. The third-order valence-electron chi connectivity index (χ3n) is 22.3. The van der Waals surface area contributed by atoms with Crippen molar-refractivity contribution in [2.24, 2.45) is 0 Å². The van der Waals surface area contributed by atoms with Crippen LogP contribution in [0.25, 0.3) is 0 Å². The number of carbonyl (C=O) groups excluding carboxylic acids is 7. The van der Waals surface area contributed by atoms with Crippen molar-refractivity contribution in [2.75, 3.05) is 49.8 Å². The van der Waals surface area contributed by atoms with Crippen LogP contribution in [-0.4, -0.2) is 250 Å². The van der Waals surface area contributed by atoms with E-state index >= 15 is 0 Å². The fourth-order valence-corrected chi connectivity index (χ4v) is 16.5. The van der Waals surface area contributed by atoms with Gasteiger partial charge in [0.15, 0.2) is 88.5 Å². The molecule has 6 bridgehead atoms. The van der Waals surface area contributed by atoms with E-state index < -0.39 is 164 Å². The van der Waals surface area contributed by atoms with Crippen molar-refractivity contribution >= 4 is 59.4 Å². The average molecular weight is 1800 g/mol. The van der Waals surface area contributed by atoms with Gasteiger partial charge in [0.1, 0.15) is 39.5 Å². The van der Waals surface area contributed by atoms with Gasteiger partial charge in [-0.3, -0.25) is 47.9 Å². The summed E-state index contributed by atoms with van der Waals surface area (Å²) >= 11 is 0. The molecule has 0 spiro atoms. The van der Waals surface area contributed by atoms with Gasteiger partial charge in [0.05, 0.1) is 86.6 Å². The predicted molar refractivity (Wildman–Crippen MR) is 439 cm³/mol. The number of aliphatic hydroxyl groups is 2. The summed E-state index contributed by atoms with van der Waals surface area (Å²) in [5, 5.41) is 71.3. The van der Waals surface area contributed by atoms with Gasteiger partial charge in [-0.05, 0) is 93.2 Å². The molecule has 42 nitrogen and oxygen atoms in total. The first-order valence-corrected chi connectivity index (χ1v) is 38.7. The number of hydrogen-bond donors (Lipinski definition) is 9. The molecule has 0 unspecified atom stereocenters. The van der Waals surface area contributed by atoms with E-state index in [1.807, 2.05) is 0 Å². The number of pyridine rings is 5. The number of halogens is 2. The summed E-state index contributed by atoms with van der Waals surface area (Å²) in [7, 11) is 8.44. The van der Waals surface area contributed by atoms with Crippen molar-refractivity contribution in [3.8, 4) is 28.7 Å². The monoisotopic (exact) mass is 1800 g/mol. The SMILES string of the molecule is C.C.C.COC(=O)c1c(OC)c(=O)c(C(=O)O)cn1CC(O)O.COC(=O)c1c(OC)c(=O)c(C(=O)O)cn1CC(OC)OC.COc1c2n(cc(C(=O)O)c1=O)C[C@@H]1O[C@H]3CC[C@H](C3)N1C2=O.O=C(NCc1ccc(F)cc1)c1cn2c(c(O)c1=O)C(=O)N1[C@@H]3CC[C@@H](C3)O[C@H]1C2.O=C(NCc1ccc(F)cc1)c1cn2c(c(O)c1=O)C(=O)N1[C@@H]3CC[C@@H](C3)O[C@H]1C2. The van der Waals surface area contributed by atoms with Gasteiger partial charge >= 0.3 is 29.8 Å². The van der Waals surface area contributed by atoms with Crippen LogP contribution in [0.4, 0.5) is 8.78 Å². The minimum absolute atomic E-state index is 0. The molecule has 2 aromatic carbocycles. The van der Waals surface area contributed by atoms with Crippen molar-refractivity contribution in [3.05, 3.63) is 210 Å². The van der Waals surface area contributed by atoms with Crippen LogP contribution in [0.5, 0.6) is 28.7 Å². The van der Waals surface area contributed by atoms with Crippen LogP contribution >= 0.6 is 0 Å². The number of ether oxygens (including phenoxy) is 10. The number of hydrogen-bond acceptors (Lipinski definition) is 29. The Morgan fingerprint density at radius 1 is 0.430 bits per heavy atom. The molecule has 3 saturated carbocycles. The third-order valence-corrected chi connectivity index (χ3v) is 22.3. The Hall–Kier alpha value is -13.5. The van der Waals surface area contributed by atoms with Crippen LogP contribution in [0, 0.1) is 11.6 Å². The van der Waals surface area contributed by atoms with Crippen LogP contribution in [0.1, 0.15) is 195 Å². The van der Waals surface area contributed by atoms with Gasteiger partial charge in [-0.15, -0.1) is 0 Å². The Morgan fingerprint density at radius 2 is 0.742 bits per heavy atom. The second-order valence-electron chi connectivity index (χ2n) is 29.7. The predicted octanol–water partition coefficient (Wildman–Crippen LogP) is 3.52. The number of rotatable bonds is 20. The van der Waals surface area contributed by atoms with Gasteiger partial charge in [0, 0.05) is 76.4 Å². The molecule has 9 atom stereocenters. The van der Waals surface area contributed by atoms with E-state index in [0.717, 1.165) is 103 Å². The number of carbonyl (C=O) groups is 10. The lowest BCUT2D eigenvalue weighted by atomic mass is 10.1. The van der Waals surface area contributed by atoms with Crippen LogP contribution in [0.15, 0.2) is 103 Å². The Balaban J connectivity index is 0.000000181. The first-order valence-electron chi connectivity index (χ1n) is 38.7. The van der Waals surface area contributed by atoms with Gasteiger partial charge < -0.3 is 131 Å². The molecule has 16 rings (SSSR count). The molecule has 11 heterocycles. The van der Waals surface area contributed by atoms with E-state index in [0.29, 0.717) is 17.7 Å². The Kier molecular flexibility index (Phi) is 31.7. The number of esters is 2. The minimum atomic E-state index is -1.87. The number of fused-ring (bicyclic) bond motifs is 15. The fraction of sp³-hybridized carbons (Fsp3) is 0.440. The normalized spacial score (nSPS) is 20.0. The number of aromatic hydroxyl groups is 2. The zero-order valence-electron chi connectivity index (χ0n) is 67.8. The highest BCUT2D eigenvalue weighted by Crippen LogP contribution is 2.42. The third kappa shape index (κ3) is 19.8. The molecule has 6 aliphatic heterocycles. The molecule has 0 radical (unpaired) electrons. The molecular weight excluding hydrogens is 1700 g/mol. The number of carboxylic acid groups (broad SMARTS) is 3. The van der Waals surface area contributed by atoms with Crippen molar-refractivity contribution in [2.45, 2.75) is 194 Å². The van der Waals surface area contributed by atoms with Gasteiger partial charge in [0.2, 0.25) is 27.1 Å². The number of amides is 5. The van der Waals surface area contributed by atoms with Gasteiger partial charge in [0.25, 0.3) is 29.5 Å². The zero-order chi connectivity index (χ0) is 90.6. The lowest BCUT2D eigenvalue weighted by Crippen LogP contribution is -2.57. The summed E-state index contributed by atoms with van der Waals surface area (Å²) in [6, 6.07) is 11.4. The highest BCUT2D eigenvalue weighted by molar-refractivity contribution is 6.02. The minimum Gasteiger partial charge on any atom is -0.503 e. The van der Waals surface area contributed by atoms with Crippen LogP contribution in [0.3, 0.4) is 0 Å². The molecule has 3 saturated heterocycles. The standard InChI is InChI=1S/2C21H20FN3O5.C15H16N2O6.C13H17NO8.C11H13NO8.3CH4/c2*22-12-3-1-11(2-4-12)8-23-20(28)15-9-24-10-16-25(13-5-6-14(7-13)30-16)21(29)17(24)19(27)18(15)26;1-22-13-11-14(19)17-7-2-3-8(4-7)23-10(17)6-16(11)5-9(12(13)18)15(20)21;1-19-8(20-2)6-14-5-7(12(16)17)10(15)11(21-3)9(14)13(18)22-4;1-19-9-7(11(18)20-2)12(4-6(13)14)3-5(8(9)15)10(16)17;;;/h2*1-4,9,13-14,16,27H,5-8,10H2,(H,23,28);5,7-8,10H,2-4,6H2,1H3,(H,20,21);5,8H,6H2,1-4H3,(H,16,17);3,6,13-14H,4H2,1-2H3,(H,16,17);3*1H4/t2*13-,14+,16+;7-,8+,10+;;;;;/m111...../s1. The Labute approximate surface area is 726 Å². The Morgan fingerprint density at radius 3 is 1.06 bits per heavy atom. The van der Waals surface area contributed by atoms with Gasteiger partial charge in [-0.25, -0.2) is 32.8 Å². The maximum atomic E-state index is 13.0. The quantitative estimate of drug-likeness (QED) is 0.0389. The van der Waals surface area contributed by atoms with Crippen molar-refractivity contribution in [1.29, 1.82) is 0 Å². The van der Waals surface area contributed by atoms with Crippen molar-refractivity contribution < 1.29 is 140 Å². The second kappa shape index (κ2) is 41.3. The highest BCUT2D eigenvalue weighted by Gasteiger charge is 2.51. The topological polar surface area (TPSA) is 548 Å². The van der Waals surface area contributed by atoms with Gasteiger partial charge in [-0.2, -0.15) is 0 Å². The second-order valence-corrected chi connectivity index (χ2v) is 29.7. The summed E-state index contributed by atoms with van der Waals surface area (Å²) in [6.45, 7) is 0.354. The summed E-state index contributed by atoms with van der Waals surface area (Å²) in [6.07, 6.45) is 9.54. The molecule has 7 aromatic rings.